The number of nitrogens with zero attached hydrogens (tertiary/aromatic N) is 2. The van der Waals surface area contributed by atoms with E-state index in [9.17, 15) is 18.4 Å². The Morgan fingerprint density at radius 3 is 2.41 bits per heavy atom. The molecule has 0 saturated heterocycles. The molecule has 180 valence electrons. The lowest BCUT2D eigenvalue weighted by atomic mass is 10.1. The van der Waals surface area contributed by atoms with Crippen LogP contribution in [0.4, 0.5) is 8.78 Å². The Bertz CT molecular complexity index is 1050. The Kier molecular flexibility index (Phi) is 9.34. The fourth-order valence-electron chi connectivity index (χ4n) is 3.45. The number of carbonyl (C=O) groups is 2. The number of benzene rings is 2. The standard InChI is InChI=1S/C26H28F2N2O4/c1-2-33-14-5-13-29(26(32)21-6-3-7-23(28)16-21)19-25(31)30(18-24-8-4-15-34-24)17-20-9-11-22(27)12-10-20/h3-4,6-12,15-16H,2,5,13-14,17-19H2,1H3. The summed E-state index contributed by atoms with van der Waals surface area (Å²) >= 11 is 0. The van der Waals surface area contributed by atoms with Gasteiger partial charge in [0, 0.05) is 31.9 Å². The molecule has 1 aromatic heterocycles. The molecule has 0 radical (unpaired) electrons. The predicted molar refractivity (Wildman–Crippen MR) is 123 cm³/mol. The largest absolute Gasteiger partial charge is 0.467 e. The van der Waals surface area contributed by atoms with Crippen molar-refractivity contribution in [2.24, 2.45) is 0 Å². The molecule has 0 aliphatic carbocycles. The summed E-state index contributed by atoms with van der Waals surface area (Å²) in [4.78, 5) is 29.4. The van der Waals surface area contributed by atoms with Crippen LogP contribution in [0.5, 0.6) is 0 Å². The second kappa shape index (κ2) is 12.6. The summed E-state index contributed by atoms with van der Waals surface area (Å²) in [7, 11) is 0. The highest BCUT2D eigenvalue weighted by atomic mass is 19.1. The molecule has 2 aromatic carbocycles. The van der Waals surface area contributed by atoms with E-state index in [2.05, 4.69) is 0 Å². The molecule has 0 bridgehead atoms. The average molecular weight is 471 g/mol. The fourth-order valence-corrected chi connectivity index (χ4v) is 3.45. The summed E-state index contributed by atoms with van der Waals surface area (Å²) in [5, 5.41) is 0. The van der Waals surface area contributed by atoms with Gasteiger partial charge in [-0.2, -0.15) is 0 Å². The van der Waals surface area contributed by atoms with Crippen LogP contribution in [0.2, 0.25) is 0 Å². The first-order valence-corrected chi connectivity index (χ1v) is 11.1. The summed E-state index contributed by atoms with van der Waals surface area (Å²) in [6, 6.07) is 14.7. The van der Waals surface area contributed by atoms with Gasteiger partial charge in [-0.05, 0) is 61.4 Å². The van der Waals surface area contributed by atoms with Crippen molar-refractivity contribution in [3.63, 3.8) is 0 Å². The third-order valence-corrected chi connectivity index (χ3v) is 5.17. The van der Waals surface area contributed by atoms with E-state index in [1.165, 1.54) is 41.5 Å². The van der Waals surface area contributed by atoms with E-state index < -0.39 is 11.7 Å². The van der Waals surface area contributed by atoms with Crippen molar-refractivity contribution in [3.8, 4) is 0 Å². The van der Waals surface area contributed by atoms with Crippen LogP contribution in [0.1, 0.15) is 35.0 Å². The van der Waals surface area contributed by atoms with Gasteiger partial charge in [0.1, 0.15) is 23.9 Å². The number of ether oxygens (including phenoxy) is 1. The van der Waals surface area contributed by atoms with E-state index in [0.717, 1.165) is 11.6 Å². The van der Waals surface area contributed by atoms with Crippen molar-refractivity contribution in [2.45, 2.75) is 26.4 Å². The zero-order valence-electron chi connectivity index (χ0n) is 19.1. The van der Waals surface area contributed by atoms with Gasteiger partial charge in [-0.15, -0.1) is 0 Å². The Hall–Kier alpha value is -3.52. The van der Waals surface area contributed by atoms with Gasteiger partial charge in [-0.1, -0.05) is 18.2 Å². The highest BCUT2D eigenvalue weighted by molar-refractivity contribution is 5.96. The molecule has 0 saturated carbocycles. The van der Waals surface area contributed by atoms with Crippen LogP contribution in [0.25, 0.3) is 0 Å². The molecule has 6 nitrogen and oxygen atoms in total. The van der Waals surface area contributed by atoms with Crippen molar-refractivity contribution >= 4 is 11.8 Å². The van der Waals surface area contributed by atoms with Crippen LogP contribution >= 0.6 is 0 Å². The van der Waals surface area contributed by atoms with Gasteiger partial charge in [0.05, 0.1) is 12.8 Å². The summed E-state index contributed by atoms with van der Waals surface area (Å²) in [5.41, 5.74) is 0.904. The summed E-state index contributed by atoms with van der Waals surface area (Å²) in [5.74, 6) is -1.07. The van der Waals surface area contributed by atoms with Crippen molar-refractivity contribution in [3.05, 3.63) is 95.4 Å². The van der Waals surface area contributed by atoms with Gasteiger partial charge >= 0.3 is 0 Å². The second-order valence-corrected chi connectivity index (χ2v) is 7.74. The van der Waals surface area contributed by atoms with Crippen molar-refractivity contribution < 1.29 is 27.5 Å². The van der Waals surface area contributed by atoms with Crippen molar-refractivity contribution in [2.75, 3.05) is 26.3 Å². The van der Waals surface area contributed by atoms with Crippen LogP contribution in [-0.4, -0.2) is 47.9 Å². The van der Waals surface area contributed by atoms with E-state index in [0.29, 0.717) is 25.4 Å². The molecular weight excluding hydrogens is 442 g/mol. The normalized spacial score (nSPS) is 10.8. The maximum Gasteiger partial charge on any atom is 0.254 e. The molecule has 34 heavy (non-hydrogen) atoms. The van der Waals surface area contributed by atoms with Gasteiger partial charge in [-0.25, -0.2) is 8.78 Å². The molecule has 0 fully saturated rings. The number of amides is 2. The van der Waals surface area contributed by atoms with Crippen LogP contribution in [0.15, 0.2) is 71.3 Å². The van der Waals surface area contributed by atoms with E-state index in [1.807, 2.05) is 6.92 Å². The molecule has 3 aromatic rings. The Morgan fingerprint density at radius 2 is 1.74 bits per heavy atom. The molecule has 0 atom stereocenters. The Labute approximate surface area is 197 Å². The summed E-state index contributed by atoms with van der Waals surface area (Å²) < 4.78 is 37.8. The smallest absolute Gasteiger partial charge is 0.254 e. The number of halogens is 2. The number of rotatable bonds is 12. The van der Waals surface area contributed by atoms with Crippen LogP contribution in [-0.2, 0) is 22.6 Å². The van der Waals surface area contributed by atoms with Gasteiger partial charge in [0.25, 0.3) is 5.91 Å². The van der Waals surface area contributed by atoms with E-state index >= 15 is 0 Å². The summed E-state index contributed by atoms with van der Waals surface area (Å²) in [6.07, 6.45) is 2.04. The van der Waals surface area contributed by atoms with E-state index in [1.54, 1.807) is 29.2 Å². The SMILES string of the molecule is CCOCCCN(CC(=O)N(Cc1ccc(F)cc1)Cc1ccco1)C(=O)c1cccc(F)c1. The Balaban J connectivity index is 1.78. The molecule has 3 rings (SSSR count). The monoisotopic (exact) mass is 470 g/mol. The zero-order chi connectivity index (χ0) is 24.3. The number of hydrogen-bond donors (Lipinski definition) is 0. The number of hydrogen-bond acceptors (Lipinski definition) is 4. The van der Waals surface area contributed by atoms with E-state index in [4.69, 9.17) is 9.15 Å². The van der Waals surface area contributed by atoms with Crippen molar-refractivity contribution in [1.82, 2.24) is 9.80 Å². The summed E-state index contributed by atoms with van der Waals surface area (Å²) in [6.45, 7) is 3.32. The molecule has 0 N–H and O–H groups in total. The lowest BCUT2D eigenvalue weighted by Crippen LogP contribution is -2.43. The first kappa shape index (κ1) is 25.1. The van der Waals surface area contributed by atoms with Gasteiger partial charge in [-0.3, -0.25) is 9.59 Å². The molecule has 8 heteroatoms. The molecule has 1 heterocycles. The average Bonchev–Trinajstić information content (AvgIpc) is 3.34. The first-order chi connectivity index (χ1) is 16.5. The Morgan fingerprint density at radius 1 is 0.941 bits per heavy atom. The number of furan rings is 1. The lowest BCUT2D eigenvalue weighted by molar-refractivity contribution is -0.133. The number of carbonyl (C=O) groups excluding carboxylic acids is 2. The van der Waals surface area contributed by atoms with Crippen LogP contribution in [0.3, 0.4) is 0 Å². The topological polar surface area (TPSA) is 63.0 Å². The minimum atomic E-state index is -0.526. The van der Waals surface area contributed by atoms with Gasteiger partial charge in [0.15, 0.2) is 0 Å². The minimum Gasteiger partial charge on any atom is -0.467 e. The third kappa shape index (κ3) is 7.52. The quantitative estimate of drug-likeness (QED) is 0.362. The predicted octanol–water partition coefficient (Wildman–Crippen LogP) is 4.66. The first-order valence-electron chi connectivity index (χ1n) is 11.1. The molecule has 0 aliphatic heterocycles. The third-order valence-electron chi connectivity index (χ3n) is 5.17. The highest BCUT2D eigenvalue weighted by Crippen LogP contribution is 2.14. The molecule has 0 unspecified atom stereocenters. The second-order valence-electron chi connectivity index (χ2n) is 7.74. The van der Waals surface area contributed by atoms with Gasteiger partial charge in [0.2, 0.25) is 5.91 Å². The minimum absolute atomic E-state index is 0.167. The molecule has 0 spiro atoms. The van der Waals surface area contributed by atoms with Crippen LogP contribution in [0, 0.1) is 11.6 Å². The highest BCUT2D eigenvalue weighted by Gasteiger charge is 2.23. The molecule has 2 amide bonds. The zero-order valence-corrected chi connectivity index (χ0v) is 19.1. The van der Waals surface area contributed by atoms with Gasteiger partial charge < -0.3 is 19.0 Å². The van der Waals surface area contributed by atoms with Crippen molar-refractivity contribution in [1.29, 1.82) is 0 Å². The maximum atomic E-state index is 13.7. The maximum absolute atomic E-state index is 13.7. The van der Waals surface area contributed by atoms with Crippen LogP contribution < -0.4 is 0 Å². The fraction of sp³-hybridized carbons (Fsp3) is 0.308. The van der Waals surface area contributed by atoms with E-state index in [-0.39, 0.29) is 43.5 Å². The molecular formula is C26H28F2N2O4. The molecule has 0 aliphatic rings. The lowest BCUT2D eigenvalue weighted by Gasteiger charge is -2.27.